The number of anilines is 1. The van der Waals surface area contributed by atoms with Gasteiger partial charge in [-0.1, -0.05) is 17.7 Å². The summed E-state index contributed by atoms with van der Waals surface area (Å²) in [7, 11) is 0. The molecule has 7 heteroatoms. The molecule has 0 bridgehead atoms. The summed E-state index contributed by atoms with van der Waals surface area (Å²) < 4.78 is 6.94. The molecule has 1 N–H and O–H groups in total. The first-order valence-corrected chi connectivity index (χ1v) is 8.37. The van der Waals surface area contributed by atoms with Gasteiger partial charge in [-0.25, -0.2) is 9.67 Å². The zero-order valence-corrected chi connectivity index (χ0v) is 14.9. The summed E-state index contributed by atoms with van der Waals surface area (Å²) in [6.45, 7) is 3.74. The van der Waals surface area contributed by atoms with Crippen LogP contribution >= 0.6 is 11.6 Å². The number of hydrogen-bond donors (Lipinski definition) is 1. The summed E-state index contributed by atoms with van der Waals surface area (Å²) >= 11 is 6.22. The van der Waals surface area contributed by atoms with E-state index in [4.69, 9.17) is 16.0 Å². The lowest BCUT2D eigenvalue weighted by molar-refractivity contribution is 0.102. The maximum atomic E-state index is 12.6. The summed E-state index contributed by atoms with van der Waals surface area (Å²) in [5, 5.41) is 7.93. The topological polar surface area (TPSA) is 73.0 Å². The van der Waals surface area contributed by atoms with Crippen molar-refractivity contribution < 1.29 is 9.21 Å². The highest BCUT2D eigenvalue weighted by Crippen LogP contribution is 2.23. The highest BCUT2D eigenvalue weighted by Gasteiger charge is 2.13. The molecule has 0 saturated carbocycles. The van der Waals surface area contributed by atoms with E-state index in [1.165, 1.54) is 6.39 Å². The van der Waals surface area contributed by atoms with Crippen molar-refractivity contribution in [1.82, 2.24) is 14.8 Å². The second-order valence-electron chi connectivity index (χ2n) is 5.94. The number of fused-ring (bicyclic) bond motifs is 1. The lowest BCUT2D eigenvalue weighted by atomic mass is 10.1. The number of rotatable bonds is 3. The molecule has 0 aliphatic carbocycles. The van der Waals surface area contributed by atoms with E-state index in [1.807, 2.05) is 26.0 Å². The van der Waals surface area contributed by atoms with Gasteiger partial charge in [0.2, 0.25) is 0 Å². The van der Waals surface area contributed by atoms with Gasteiger partial charge in [0.1, 0.15) is 5.52 Å². The second-order valence-corrected chi connectivity index (χ2v) is 6.31. The molecule has 2 heterocycles. The molecule has 0 atom stereocenters. The molecule has 0 aliphatic rings. The number of nitrogens with zero attached hydrogens (tertiary/aromatic N) is 3. The third-order valence-corrected chi connectivity index (χ3v) is 4.69. The summed E-state index contributed by atoms with van der Waals surface area (Å²) in [5.41, 5.74) is 4.89. The monoisotopic (exact) mass is 366 g/mol. The van der Waals surface area contributed by atoms with Crippen molar-refractivity contribution in [1.29, 1.82) is 0 Å². The third-order valence-electron chi connectivity index (χ3n) is 4.14. The molecule has 4 rings (SSSR count). The van der Waals surface area contributed by atoms with Gasteiger partial charge < -0.3 is 9.73 Å². The Balaban J connectivity index is 1.63. The molecule has 0 radical (unpaired) electrons. The maximum absolute atomic E-state index is 12.6. The van der Waals surface area contributed by atoms with Crippen LogP contribution in [0.25, 0.3) is 16.8 Å². The van der Waals surface area contributed by atoms with Crippen LogP contribution < -0.4 is 5.32 Å². The Bertz CT molecular complexity index is 1130. The zero-order chi connectivity index (χ0) is 18.3. The lowest BCUT2D eigenvalue weighted by Gasteiger charge is -2.08. The molecular formula is C19H15ClN4O2. The van der Waals surface area contributed by atoms with Crippen LogP contribution in [0.1, 0.15) is 21.7 Å². The fourth-order valence-corrected chi connectivity index (χ4v) is 2.91. The first-order valence-electron chi connectivity index (χ1n) is 7.99. The lowest BCUT2D eigenvalue weighted by Crippen LogP contribution is -2.12. The van der Waals surface area contributed by atoms with Gasteiger partial charge in [0.25, 0.3) is 5.91 Å². The first-order chi connectivity index (χ1) is 12.5. The molecule has 0 spiro atoms. The molecule has 0 aliphatic heterocycles. The Morgan fingerprint density at radius 2 is 2.04 bits per heavy atom. The first kappa shape index (κ1) is 16.4. The van der Waals surface area contributed by atoms with Crippen LogP contribution in [-0.2, 0) is 0 Å². The van der Waals surface area contributed by atoms with Crippen LogP contribution in [0.3, 0.4) is 0 Å². The fourth-order valence-electron chi connectivity index (χ4n) is 2.79. The fraction of sp³-hybridized carbons (Fsp3) is 0.105. The largest absolute Gasteiger partial charge is 0.443 e. The van der Waals surface area contributed by atoms with Crippen LogP contribution in [0.5, 0.6) is 0 Å². The van der Waals surface area contributed by atoms with Crippen molar-refractivity contribution >= 4 is 34.3 Å². The van der Waals surface area contributed by atoms with Crippen molar-refractivity contribution in [2.24, 2.45) is 0 Å². The number of aryl methyl sites for hydroxylation is 1. The van der Waals surface area contributed by atoms with Gasteiger partial charge in [-0.15, -0.1) is 0 Å². The van der Waals surface area contributed by atoms with Crippen molar-refractivity contribution in [3.8, 4) is 5.69 Å². The standard InChI is InChI=1S/C19H15ClN4O2/c1-11-18(20)12(2)24(23-11)15-5-3-4-13(8-15)19(25)22-14-6-7-17-16(9-14)21-10-26-17/h3-10H,1-2H3,(H,22,25). The molecule has 2 aromatic heterocycles. The van der Waals surface area contributed by atoms with Crippen LogP contribution in [-0.4, -0.2) is 20.7 Å². The summed E-state index contributed by atoms with van der Waals surface area (Å²) in [6, 6.07) is 12.5. The van der Waals surface area contributed by atoms with Gasteiger partial charge in [0, 0.05) is 11.3 Å². The van der Waals surface area contributed by atoms with Crippen molar-refractivity contribution in [3.05, 3.63) is 70.8 Å². The van der Waals surface area contributed by atoms with Gasteiger partial charge >= 0.3 is 0 Å². The molecule has 4 aromatic rings. The number of nitrogens with one attached hydrogen (secondary N) is 1. The van der Waals surface area contributed by atoms with E-state index in [9.17, 15) is 4.79 Å². The summed E-state index contributed by atoms with van der Waals surface area (Å²) in [4.78, 5) is 16.7. The number of aromatic nitrogens is 3. The molecule has 0 unspecified atom stereocenters. The number of hydrogen-bond acceptors (Lipinski definition) is 4. The summed E-state index contributed by atoms with van der Waals surface area (Å²) in [6.07, 6.45) is 1.37. The van der Waals surface area contributed by atoms with E-state index in [0.29, 0.717) is 27.4 Å². The van der Waals surface area contributed by atoms with E-state index >= 15 is 0 Å². The quantitative estimate of drug-likeness (QED) is 0.578. The van der Waals surface area contributed by atoms with E-state index in [-0.39, 0.29) is 5.91 Å². The van der Waals surface area contributed by atoms with Crippen molar-refractivity contribution in [2.75, 3.05) is 5.32 Å². The number of oxazole rings is 1. The number of amides is 1. The average Bonchev–Trinajstić information content (AvgIpc) is 3.21. The molecule has 2 aromatic carbocycles. The highest BCUT2D eigenvalue weighted by molar-refractivity contribution is 6.31. The predicted octanol–water partition coefficient (Wildman–Crippen LogP) is 4.54. The van der Waals surface area contributed by atoms with Gasteiger partial charge in [-0.2, -0.15) is 5.10 Å². The Hall–Kier alpha value is -3.12. The SMILES string of the molecule is Cc1nn(-c2cccc(C(=O)Nc3ccc4ocnc4c3)c2)c(C)c1Cl. The van der Waals surface area contributed by atoms with E-state index in [0.717, 1.165) is 17.1 Å². The van der Waals surface area contributed by atoms with Gasteiger partial charge in [0.15, 0.2) is 12.0 Å². The third kappa shape index (κ3) is 2.84. The highest BCUT2D eigenvalue weighted by atomic mass is 35.5. The Kier molecular flexibility index (Phi) is 3.97. The van der Waals surface area contributed by atoms with Crippen LogP contribution in [0.4, 0.5) is 5.69 Å². The molecular weight excluding hydrogens is 352 g/mol. The normalized spacial score (nSPS) is 11.0. The van der Waals surface area contributed by atoms with Crippen LogP contribution in [0.15, 0.2) is 53.3 Å². The minimum absolute atomic E-state index is 0.220. The molecule has 130 valence electrons. The number of carbonyl (C=O) groups excluding carboxylic acids is 1. The van der Waals surface area contributed by atoms with Gasteiger partial charge in [0.05, 0.1) is 22.1 Å². The van der Waals surface area contributed by atoms with Gasteiger partial charge in [-0.3, -0.25) is 4.79 Å². The predicted molar refractivity (Wildman–Crippen MR) is 100 cm³/mol. The second kappa shape index (κ2) is 6.31. The molecule has 6 nitrogen and oxygen atoms in total. The minimum Gasteiger partial charge on any atom is -0.443 e. The molecule has 0 fully saturated rings. The van der Waals surface area contributed by atoms with Gasteiger partial charge in [-0.05, 0) is 50.2 Å². The van der Waals surface area contributed by atoms with E-state index in [2.05, 4.69) is 15.4 Å². The molecule has 1 amide bonds. The average molecular weight is 367 g/mol. The van der Waals surface area contributed by atoms with Crippen LogP contribution in [0.2, 0.25) is 5.02 Å². The van der Waals surface area contributed by atoms with E-state index in [1.54, 1.807) is 35.0 Å². The van der Waals surface area contributed by atoms with Crippen molar-refractivity contribution in [2.45, 2.75) is 13.8 Å². The Morgan fingerprint density at radius 1 is 1.19 bits per heavy atom. The number of carbonyl (C=O) groups is 1. The maximum Gasteiger partial charge on any atom is 0.255 e. The summed E-state index contributed by atoms with van der Waals surface area (Å²) in [5.74, 6) is -0.220. The molecule has 0 saturated heterocycles. The molecule has 26 heavy (non-hydrogen) atoms. The Labute approximate surface area is 154 Å². The zero-order valence-electron chi connectivity index (χ0n) is 14.2. The van der Waals surface area contributed by atoms with Crippen LogP contribution in [0, 0.1) is 13.8 Å². The number of benzene rings is 2. The minimum atomic E-state index is -0.220. The smallest absolute Gasteiger partial charge is 0.255 e. The van der Waals surface area contributed by atoms with Crippen molar-refractivity contribution in [3.63, 3.8) is 0 Å². The Morgan fingerprint density at radius 3 is 2.81 bits per heavy atom. The number of halogens is 1. The van der Waals surface area contributed by atoms with E-state index < -0.39 is 0 Å².